The third kappa shape index (κ3) is 2.36. The molecule has 2 heterocycles. The molecule has 2 aromatic carbocycles. The predicted octanol–water partition coefficient (Wildman–Crippen LogP) is 3.86. The van der Waals surface area contributed by atoms with Crippen molar-refractivity contribution in [2.75, 3.05) is 18.0 Å². The molecule has 134 valence electrons. The van der Waals surface area contributed by atoms with Gasteiger partial charge in [-0.25, -0.2) is 0 Å². The Labute approximate surface area is 154 Å². The Bertz CT molecular complexity index is 852. The van der Waals surface area contributed by atoms with Crippen LogP contribution in [0.3, 0.4) is 0 Å². The summed E-state index contributed by atoms with van der Waals surface area (Å²) in [5.41, 5.74) is 3.78. The Hall–Kier alpha value is -2.62. The zero-order valence-corrected chi connectivity index (χ0v) is 15.5. The molecule has 0 spiro atoms. The molecule has 4 heteroatoms. The molecule has 0 aromatic heterocycles. The Kier molecular flexibility index (Phi) is 3.87. The minimum atomic E-state index is -0.166. The molecule has 2 aliphatic rings. The van der Waals surface area contributed by atoms with Crippen LogP contribution < -0.4 is 4.90 Å². The van der Waals surface area contributed by atoms with E-state index in [-0.39, 0.29) is 17.2 Å². The lowest BCUT2D eigenvalue weighted by atomic mass is 9.81. The number of imide groups is 1. The summed E-state index contributed by atoms with van der Waals surface area (Å²) in [4.78, 5) is 28.8. The van der Waals surface area contributed by atoms with Crippen molar-refractivity contribution in [1.29, 1.82) is 0 Å². The van der Waals surface area contributed by atoms with E-state index in [2.05, 4.69) is 49.9 Å². The summed E-state index contributed by atoms with van der Waals surface area (Å²) < 4.78 is 0. The second kappa shape index (κ2) is 5.97. The first-order chi connectivity index (χ1) is 12.4. The molecule has 0 aliphatic carbocycles. The van der Waals surface area contributed by atoms with Crippen molar-refractivity contribution >= 4 is 17.5 Å². The highest BCUT2D eigenvalue weighted by Gasteiger charge is 2.41. The van der Waals surface area contributed by atoms with Crippen molar-refractivity contribution in [2.45, 2.75) is 38.6 Å². The van der Waals surface area contributed by atoms with Gasteiger partial charge in [0.15, 0.2) is 0 Å². The molecule has 0 bridgehead atoms. The normalized spacial score (nSPS) is 20.5. The van der Waals surface area contributed by atoms with Gasteiger partial charge in [0.2, 0.25) is 0 Å². The average Bonchev–Trinajstić information content (AvgIpc) is 3.00. The van der Waals surface area contributed by atoms with E-state index in [0.717, 1.165) is 13.0 Å². The van der Waals surface area contributed by atoms with Crippen LogP contribution in [-0.4, -0.2) is 35.8 Å². The first kappa shape index (κ1) is 16.8. The Morgan fingerprint density at radius 1 is 0.885 bits per heavy atom. The van der Waals surface area contributed by atoms with E-state index >= 15 is 0 Å². The number of carbonyl (C=O) groups is 2. The summed E-state index contributed by atoms with van der Waals surface area (Å²) in [6.45, 7) is 8.09. The van der Waals surface area contributed by atoms with Crippen LogP contribution in [0.2, 0.25) is 0 Å². The summed E-state index contributed by atoms with van der Waals surface area (Å²) >= 11 is 0. The molecule has 0 radical (unpaired) electrons. The van der Waals surface area contributed by atoms with E-state index < -0.39 is 0 Å². The molecule has 0 fully saturated rings. The standard InChI is InChI=1S/C22H24N2O2/c1-15-22(2,3)18-11-6-7-12-19(18)23(15)13-8-14-24-20(25)16-9-4-5-10-17(16)21(24)26/h4-7,9-12,15H,8,13-14H2,1-3H3. The molecule has 2 amide bonds. The van der Waals surface area contributed by atoms with E-state index in [4.69, 9.17) is 0 Å². The maximum Gasteiger partial charge on any atom is 0.261 e. The van der Waals surface area contributed by atoms with Crippen molar-refractivity contribution in [3.63, 3.8) is 0 Å². The molecule has 0 saturated carbocycles. The van der Waals surface area contributed by atoms with E-state index in [0.29, 0.717) is 23.7 Å². The summed E-state index contributed by atoms with van der Waals surface area (Å²) in [7, 11) is 0. The zero-order chi connectivity index (χ0) is 18.5. The highest BCUT2D eigenvalue weighted by atomic mass is 16.2. The van der Waals surface area contributed by atoms with Crippen molar-refractivity contribution < 1.29 is 9.59 Å². The predicted molar refractivity (Wildman–Crippen MR) is 103 cm³/mol. The second-order valence-electron chi connectivity index (χ2n) is 7.77. The number of hydrogen-bond donors (Lipinski definition) is 0. The van der Waals surface area contributed by atoms with E-state index in [1.165, 1.54) is 16.2 Å². The number of carbonyl (C=O) groups excluding carboxylic acids is 2. The number of hydrogen-bond acceptors (Lipinski definition) is 3. The van der Waals surface area contributed by atoms with Gasteiger partial charge in [0.25, 0.3) is 11.8 Å². The van der Waals surface area contributed by atoms with Crippen LogP contribution in [0.25, 0.3) is 0 Å². The third-order valence-corrected chi connectivity index (χ3v) is 6.08. The van der Waals surface area contributed by atoms with Crippen LogP contribution in [0.4, 0.5) is 5.69 Å². The van der Waals surface area contributed by atoms with Crippen LogP contribution in [0.1, 0.15) is 53.5 Å². The number of amides is 2. The molecule has 1 unspecified atom stereocenters. The van der Waals surface area contributed by atoms with Gasteiger partial charge < -0.3 is 4.90 Å². The fourth-order valence-electron chi connectivity index (χ4n) is 4.25. The Morgan fingerprint density at radius 3 is 2.12 bits per heavy atom. The van der Waals surface area contributed by atoms with E-state index in [9.17, 15) is 9.59 Å². The largest absolute Gasteiger partial charge is 0.368 e. The van der Waals surface area contributed by atoms with Gasteiger partial charge in [0.05, 0.1) is 11.1 Å². The Balaban J connectivity index is 1.47. The van der Waals surface area contributed by atoms with Crippen LogP contribution in [0.5, 0.6) is 0 Å². The summed E-state index contributed by atoms with van der Waals surface area (Å²) in [6.07, 6.45) is 0.764. The molecule has 26 heavy (non-hydrogen) atoms. The quantitative estimate of drug-likeness (QED) is 0.788. The van der Waals surface area contributed by atoms with Gasteiger partial charge in [-0.3, -0.25) is 14.5 Å². The van der Waals surface area contributed by atoms with Gasteiger partial charge in [-0.2, -0.15) is 0 Å². The molecular weight excluding hydrogens is 324 g/mol. The molecule has 2 aromatic rings. The van der Waals surface area contributed by atoms with Crippen LogP contribution in [0, 0.1) is 0 Å². The van der Waals surface area contributed by atoms with Crippen molar-refractivity contribution in [3.8, 4) is 0 Å². The van der Waals surface area contributed by atoms with Gasteiger partial charge >= 0.3 is 0 Å². The molecule has 0 N–H and O–H groups in total. The minimum Gasteiger partial charge on any atom is -0.368 e. The van der Waals surface area contributed by atoms with E-state index in [1.807, 2.05) is 0 Å². The first-order valence-electron chi connectivity index (χ1n) is 9.24. The number of rotatable bonds is 4. The molecule has 0 saturated heterocycles. The molecule has 4 rings (SSSR count). The molecule has 4 nitrogen and oxygen atoms in total. The second-order valence-corrected chi connectivity index (χ2v) is 7.77. The van der Waals surface area contributed by atoms with Crippen molar-refractivity contribution in [3.05, 3.63) is 65.2 Å². The lowest BCUT2D eigenvalue weighted by Gasteiger charge is -2.32. The van der Waals surface area contributed by atoms with E-state index in [1.54, 1.807) is 24.3 Å². The lowest BCUT2D eigenvalue weighted by Crippen LogP contribution is -2.40. The average molecular weight is 348 g/mol. The lowest BCUT2D eigenvalue weighted by molar-refractivity contribution is 0.0653. The summed E-state index contributed by atoms with van der Waals surface area (Å²) in [5.74, 6) is -0.332. The molecule has 1 atom stereocenters. The fourth-order valence-corrected chi connectivity index (χ4v) is 4.25. The smallest absolute Gasteiger partial charge is 0.261 e. The minimum absolute atomic E-state index is 0.0894. The fraction of sp³-hybridized carbons (Fsp3) is 0.364. The van der Waals surface area contributed by atoms with Crippen molar-refractivity contribution in [2.24, 2.45) is 0 Å². The van der Waals surface area contributed by atoms with Gasteiger partial charge in [0, 0.05) is 30.2 Å². The van der Waals surface area contributed by atoms with Gasteiger partial charge in [0.1, 0.15) is 0 Å². The van der Waals surface area contributed by atoms with Crippen LogP contribution in [0.15, 0.2) is 48.5 Å². The topological polar surface area (TPSA) is 40.6 Å². The van der Waals surface area contributed by atoms with Gasteiger partial charge in [-0.15, -0.1) is 0 Å². The maximum atomic E-state index is 12.5. The number of para-hydroxylation sites is 1. The highest BCUT2D eigenvalue weighted by molar-refractivity contribution is 6.21. The number of benzene rings is 2. The number of nitrogens with zero attached hydrogens (tertiary/aromatic N) is 2. The first-order valence-corrected chi connectivity index (χ1v) is 9.24. The summed E-state index contributed by atoms with van der Waals surface area (Å²) in [5, 5.41) is 0. The SMILES string of the molecule is CC1N(CCCN2C(=O)c3ccccc3C2=O)c2ccccc2C1(C)C. The maximum absolute atomic E-state index is 12.5. The van der Waals surface area contributed by atoms with Crippen LogP contribution >= 0.6 is 0 Å². The Morgan fingerprint density at radius 2 is 1.46 bits per heavy atom. The zero-order valence-electron chi connectivity index (χ0n) is 15.5. The summed E-state index contributed by atoms with van der Waals surface area (Å²) in [6, 6.07) is 16.0. The van der Waals surface area contributed by atoms with Gasteiger partial charge in [-0.05, 0) is 37.1 Å². The monoisotopic (exact) mass is 348 g/mol. The molecule has 2 aliphatic heterocycles. The third-order valence-electron chi connectivity index (χ3n) is 6.08. The number of fused-ring (bicyclic) bond motifs is 2. The van der Waals surface area contributed by atoms with Gasteiger partial charge in [-0.1, -0.05) is 44.2 Å². The number of anilines is 1. The van der Waals surface area contributed by atoms with Crippen molar-refractivity contribution in [1.82, 2.24) is 4.90 Å². The van der Waals surface area contributed by atoms with Crippen LogP contribution in [-0.2, 0) is 5.41 Å². The molecular formula is C22H24N2O2. The highest BCUT2D eigenvalue weighted by Crippen LogP contribution is 2.44.